The summed E-state index contributed by atoms with van der Waals surface area (Å²) in [5.74, 6) is -0.511. The Morgan fingerprint density at radius 3 is 2.35 bits per heavy atom. The summed E-state index contributed by atoms with van der Waals surface area (Å²) in [4.78, 5) is 39.0. The minimum atomic E-state index is -0.595. The first-order chi connectivity index (χ1) is 16.4. The number of carbonyl (C=O) groups excluding carboxylic acids is 3. The van der Waals surface area contributed by atoms with E-state index in [9.17, 15) is 14.4 Å². The van der Waals surface area contributed by atoms with Crippen molar-refractivity contribution in [1.82, 2.24) is 4.90 Å². The molecule has 1 aliphatic heterocycles. The highest BCUT2D eigenvalue weighted by atomic mass is 16.5. The summed E-state index contributed by atoms with van der Waals surface area (Å²) < 4.78 is 10.8. The molecule has 0 aromatic heterocycles. The predicted molar refractivity (Wildman–Crippen MR) is 129 cm³/mol. The normalized spacial score (nSPS) is 19.3. The monoisotopic (exact) mass is 464 g/mol. The Hall–Kier alpha value is -3.35. The average molecular weight is 465 g/mol. The molecule has 34 heavy (non-hydrogen) atoms. The second kappa shape index (κ2) is 10.7. The zero-order chi connectivity index (χ0) is 24.1. The van der Waals surface area contributed by atoms with Crippen LogP contribution in [0.2, 0.25) is 0 Å². The Kier molecular flexibility index (Phi) is 7.50. The number of hydrogen-bond acceptors (Lipinski definition) is 5. The van der Waals surface area contributed by atoms with E-state index in [-0.39, 0.29) is 37.1 Å². The van der Waals surface area contributed by atoms with Gasteiger partial charge in [0.15, 0.2) is 13.2 Å². The number of nitrogens with one attached hydrogen (secondary N) is 1. The summed E-state index contributed by atoms with van der Waals surface area (Å²) in [7, 11) is 0. The number of benzene rings is 2. The zero-order valence-electron chi connectivity index (χ0n) is 19.8. The van der Waals surface area contributed by atoms with Crippen molar-refractivity contribution in [3.8, 4) is 5.75 Å². The van der Waals surface area contributed by atoms with Crippen molar-refractivity contribution in [2.24, 2.45) is 0 Å². The fourth-order valence-corrected chi connectivity index (χ4v) is 4.88. The van der Waals surface area contributed by atoms with Gasteiger partial charge in [-0.3, -0.25) is 9.59 Å². The molecule has 180 valence electrons. The van der Waals surface area contributed by atoms with Gasteiger partial charge in [0.1, 0.15) is 5.75 Å². The molecule has 2 aromatic carbocycles. The van der Waals surface area contributed by atoms with E-state index in [0.29, 0.717) is 17.0 Å². The molecule has 1 aliphatic carbocycles. The second-order valence-corrected chi connectivity index (χ2v) is 9.20. The largest absolute Gasteiger partial charge is 0.484 e. The maximum Gasteiger partial charge on any atom is 0.338 e. The molecule has 0 spiro atoms. The number of esters is 1. The van der Waals surface area contributed by atoms with Crippen LogP contribution in [-0.2, 0) is 27.2 Å². The van der Waals surface area contributed by atoms with Crippen LogP contribution in [0.1, 0.15) is 61.0 Å². The Balaban J connectivity index is 1.22. The fourth-order valence-electron chi connectivity index (χ4n) is 4.88. The van der Waals surface area contributed by atoms with Crippen molar-refractivity contribution < 1.29 is 23.9 Å². The molecule has 0 saturated carbocycles. The number of nitrogens with zero attached hydrogens (tertiary/aromatic N) is 1. The van der Waals surface area contributed by atoms with E-state index in [1.54, 1.807) is 24.3 Å². The van der Waals surface area contributed by atoms with Crippen molar-refractivity contribution in [3.63, 3.8) is 0 Å². The zero-order valence-corrected chi connectivity index (χ0v) is 19.8. The molecule has 2 aromatic rings. The number of aryl methyl sites for hydroxylation is 2. The smallest absolute Gasteiger partial charge is 0.338 e. The number of hydrogen-bond donors (Lipinski definition) is 1. The van der Waals surface area contributed by atoms with Gasteiger partial charge in [-0.2, -0.15) is 0 Å². The SMILES string of the molecule is CC1CCCC(C)N1C(=O)COc1ccc(C(=O)OCC(=O)Nc2ccc3c(c2)CCC3)cc1. The minimum absolute atomic E-state index is 0.0300. The Labute approximate surface area is 200 Å². The van der Waals surface area contributed by atoms with E-state index in [1.165, 1.54) is 11.1 Å². The first-order valence-electron chi connectivity index (χ1n) is 12.0. The molecule has 1 N–H and O–H groups in total. The molecular weight excluding hydrogens is 432 g/mol. The third kappa shape index (κ3) is 5.76. The van der Waals surface area contributed by atoms with Crippen molar-refractivity contribution >= 4 is 23.5 Å². The van der Waals surface area contributed by atoms with Gasteiger partial charge in [-0.15, -0.1) is 0 Å². The van der Waals surface area contributed by atoms with E-state index in [1.807, 2.05) is 23.1 Å². The molecule has 2 atom stereocenters. The third-order valence-electron chi connectivity index (χ3n) is 6.65. The molecule has 1 heterocycles. The van der Waals surface area contributed by atoms with E-state index in [4.69, 9.17) is 9.47 Å². The number of carbonyl (C=O) groups is 3. The standard InChI is InChI=1S/C27H32N2O5/c1-18-5-3-6-19(2)29(18)26(31)17-33-24-13-10-21(11-14-24)27(32)34-16-25(30)28-23-12-9-20-7-4-8-22(20)15-23/h9-15,18-19H,3-8,16-17H2,1-2H3,(H,28,30). The number of ether oxygens (including phenoxy) is 2. The van der Waals surface area contributed by atoms with E-state index in [2.05, 4.69) is 19.2 Å². The van der Waals surface area contributed by atoms with Crippen LogP contribution in [0.25, 0.3) is 0 Å². The van der Waals surface area contributed by atoms with Gasteiger partial charge < -0.3 is 19.7 Å². The van der Waals surface area contributed by atoms with Crippen LogP contribution in [0.4, 0.5) is 5.69 Å². The van der Waals surface area contributed by atoms with Crippen LogP contribution < -0.4 is 10.1 Å². The van der Waals surface area contributed by atoms with E-state index < -0.39 is 5.97 Å². The summed E-state index contributed by atoms with van der Waals surface area (Å²) in [6.07, 6.45) is 6.41. The molecule has 2 amide bonds. The van der Waals surface area contributed by atoms with Gasteiger partial charge in [-0.1, -0.05) is 6.07 Å². The summed E-state index contributed by atoms with van der Waals surface area (Å²) in [6.45, 7) is 3.73. The van der Waals surface area contributed by atoms with Gasteiger partial charge >= 0.3 is 5.97 Å². The van der Waals surface area contributed by atoms with Gasteiger partial charge in [0.25, 0.3) is 11.8 Å². The molecule has 7 nitrogen and oxygen atoms in total. The fraction of sp³-hybridized carbons (Fsp3) is 0.444. The number of likely N-dealkylation sites (tertiary alicyclic amines) is 1. The Morgan fingerprint density at radius 1 is 0.912 bits per heavy atom. The molecule has 2 aliphatic rings. The molecule has 0 radical (unpaired) electrons. The lowest BCUT2D eigenvalue weighted by Gasteiger charge is -2.38. The highest BCUT2D eigenvalue weighted by Crippen LogP contribution is 2.25. The number of anilines is 1. The summed E-state index contributed by atoms with van der Waals surface area (Å²) in [5.41, 5.74) is 3.61. The van der Waals surface area contributed by atoms with Crippen LogP contribution in [0, 0.1) is 0 Å². The minimum Gasteiger partial charge on any atom is -0.484 e. The first kappa shape index (κ1) is 23.8. The van der Waals surface area contributed by atoms with Gasteiger partial charge in [0.05, 0.1) is 5.56 Å². The molecule has 1 fully saturated rings. The first-order valence-corrected chi connectivity index (χ1v) is 12.0. The second-order valence-electron chi connectivity index (χ2n) is 9.20. The predicted octanol–water partition coefficient (Wildman–Crippen LogP) is 4.14. The number of amides is 2. The number of piperidine rings is 1. The van der Waals surface area contributed by atoms with Crippen molar-refractivity contribution in [3.05, 3.63) is 59.2 Å². The Bertz CT molecular complexity index is 1040. The van der Waals surface area contributed by atoms with E-state index in [0.717, 1.165) is 38.5 Å². The van der Waals surface area contributed by atoms with Crippen molar-refractivity contribution in [2.75, 3.05) is 18.5 Å². The van der Waals surface area contributed by atoms with Crippen LogP contribution >= 0.6 is 0 Å². The van der Waals surface area contributed by atoms with Crippen LogP contribution in [0.5, 0.6) is 5.75 Å². The van der Waals surface area contributed by atoms with Gasteiger partial charge in [0, 0.05) is 17.8 Å². The van der Waals surface area contributed by atoms with Crippen molar-refractivity contribution in [2.45, 2.75) is 64.5 Å². The highest BCUT2D eigenvalue weighted by Gasteiger charge is 2.29. The molecule has 4 rings (SSSR count). The number of rotatable bonds is 7. The lowest BCUT2D eigenvalue weighted by molar-refractivity contribution is -0.139. The molecule has 0 bridgehead atoms. The molecular formula is C27H32N2O5. The Morgan fingerprint density at radius 2 is 1.62 bits per heavy atom. The highest BCUT2D eigenvalue weighted by molar-refractivity contribution is 5.95. The summed E-state index contributed by atoms with van der Waals surface area (Å²) >= 11 is 0. The lowest BCUT2D eigenvalue weighted by Crippen LogP contribution is -2.49. The summed E-state index contributed by atoms with van der Waals surface area (Å²) in [6, 6.07) is 12.7. The van der Waals surface area contributed by atoms with E-state index >= 15 is 0 Å². The lowest BCUT2D eigenvalue weighted by atomic mass is 9.97. The van der Waals surface area contributed by atoms with Gasteiger partial charge in [0.2, 0.25) is 0 Å². The van der Waals surface area contributed by atoms with Crippen LogP contribution in [-0.4, -0.2) is 48.0 Å². The third-order valence-corrected chi connectivity index (χ3v) is 6.65. The van der Waals surface area contributed by atoms with Crippen LogP contribution in [0.15, 0.2) is 42.5 Å². The maximum absolute atomic E-state index is 12.6. The maximum atomic E-state index is 12.6. The average Bonchev–Trinajstić information content (AvgIpc) is 3.29. The van der Waals surface area contributed by atoms with Gasteiger partial charge in [-0.05, 0) is 99.9 Å². The van der Waals surface area contributed by atoms with Crippen molar-refractivity contribution in [1.29, 1.82) is 0 Å². The molecule has 1 saturated heterocycles. The van der Waals surface area contributed by atoms with Crippen LogP contribution in [0.3, 0.4) is 0 Å². The number of fused-ring (bicyclic) bond motifs is 1. The quantitative estimate of drug-likeness (QED) is 0.623. The topological polar surface area (TPSA) is 84.9 Å². The summed E-state index contributed by atoms with van der Waals surface area (Å²) in [5, 5.41) is 2.78. The van der Waals surface area contributed by atoms with Gasteiger partial charge in [-0.25, -0.2) is 4.79 Å². The molecule has 7 heteroatoms. The molecule has 2 unspecified atom stereocenters.